The third-order valence-electron chi connectivity index (χ3n) is 5.95. The molecule has 0 aromatic heterocycles. The standard InChI is InChI=1S/C28H30N2O3S/c1-4-5-15-33-25-13-10-21(11-14-25)27(32)29-23-8-6-7-22(17-23)28-30(26(31)18-34-28)24-12-9-19(2)20(3)16-24/h6-14,16-17,28H,4-5,15,18H2,1-3H3,(H,29,32)/t28-/m0/s1. The number of ether oxygens (including phenoxy) is 1. The zero-order valence-corrected chi connectivity index (χ0v) is 20.7. The zero-order chi connectivity index (χ0) is 24.1. The van der Waals surface area contributed by atoms with Crippen LogP contribution in [0.3, 0.4) is 0 Å². The molecule has 1 aliphatic heterocycles. The van der Waals surface area contributed by atoms with Crippen molar-refractivity contribution in [3.63, 3.8) is 0 Å². The van der Waals surface area contributed by atoms with E-state index in [0.717, 1.165) is 35.4 Å². The first kappa shape index (κ1) is 23.9. The van der Waals surface area contributed by atoms with Gasteiger partial charge in [0.2, 0.25) is 5.91 Å². The highest BCUT2D eigenvalue weighted by atomic mass is 32.2. The molecule has 0 saturated carbocycles. The molecule has 176 valence electrons. The summed E-state index contributed by atoms with van der Waals surface area (Å²) in [5.41, 5.74) is 5.50. The Kier molecular flexibility index (Phi) is 7.58. The lowest BCUT2D eigenvalue weighted by atomic mass is 10.1. The molecule has 1 fully saturated rings. The summed E-state index contributed by atoms with van der Waals surface area (Å²) in [6, 6.07) is 21.0. The number of benzene rings is 3. The van der Waals surface area contributed by atoms with Gasteiger partial charge in [0.15, 0.2) is 0 Å². The maximum Gasteiger partial charge on any atom is 0.255 e. The number of anilines is 2. The fraction of sp³-hybridized carbons (Fsp3) is 0.286. The van der Waals surface area contributed by atoms with E-state index in [2.05, 4.69) is 38.2 Å². The lowest BCUT2D eigenvalue weighted by Gasteiger charge is -2.25. The molecule has 1 N–H and O–H groups in total. The summed E-state index contributed by atoms with van der Waals surface area (Å²) in [6.45, 7) is 6.92. The number of nitrogens with zero attached hydrogens (tertiary/aromatic N) is 1. The van der Waals surface area contributed by atoms with Crippen molar-refractivity contribution in [1.82, 2.24) is 0 Å². The van der Waals surface area contributed by atoms with Gasteiger partial charge in [0.05, 0.1) is 12.4 Å². The summed E-state index contributed by atoms with van der Waals surface area (Å²) in [5.74, 6) is 1.11. The van der Waals surface area contributed by atoms with Crippen molar-refractivity contribution in [2.75, 3.05) is 22.6 Å². The summed E-state index contributed by atoms with van der Waals surface area (Å²) in [6.07, 6.45) is 2.08. The molecule has 0 aliphatic carbocycles. The van der Waals surface area contributed by atoms with Gasteiger partial charge in [0.25, 0.3) is 5.91 Å². The normalized spacial score (nSPS) is 15.4. The molecule has 3 aromatic carbocycles. The van der Waals surface area contributed by atoms with Crippen molar-refractivity contribution in [3.05, 3.63) is 89.0 Å². The number of amides is 2. The Labute approximate surface area is 205 Å². The Morgan fingerprint density at radius 2 is 1.85 bits per heavy atom. The maximum absolute atomic E-state index is 12.8. The second-order valence-electron chi connectivity index (χ2n) is 8.50. The molecule has 4 rings (SSSR count). The fourth-order valence-corrected chi connectivity index (χ4v) is 5.00. The van der Waals surface area contributed by atoms with Gasteiger partial charge in [0, 0.05) is 16.9 Å². The first-order valence-corrected chi connectivity index (χ1v) is 12.7. The van der Waals surface area contributed by atoms with Crippen LogP contribution in [0.5, 0.6) is 5.75 Å². The summed E-state index contributed by atoms with van der Waals surface area (Å²) in [5, 5.41) is 2.85. The Morgan fingerprint density at radius 3 is 2.59 bits per heavy atom. The maximum atomic E-state index is 12.8. The lowest BCUT2D eigenvalue weighted by Crippen LogP contribution is -2.28. The van der Waals surface area contributed by atoms with Gasteiger partial charge in [-0.05, 0) is 85.5 Å². The molecular formula is C28H30N2O3S. The number of hydrogen-bond acceptors (Lipinski definition) is 4. The van der Waals surface area contributed by atoms with Crippen molar-refractivity contribution in [2.24, 2.45) is 0 Å². The smallest absolute Gasteiger partial charge is 0.255 e. The molecule has 3 aromatic rings. The summed E-state index contributed by atoms with van der Waals surface area (Å²) in [4.78, 5) is 27.4. The predicted octanol–water partition coefficient (Wildman–Crippen LogP) is 6.51. The van der Waals surface area contributed by atoms with E-state index in [9.17, 15) is 9.59 Å². The fourth-order valence-electron chi connectivity index (χ4n) is 3.84. The van der Waals surface area contributed by atoms with E-state index in [4.69, 9.17) is 4.74 Å². The number of nitrogens with one attached hydrogen (secondary N) is 1. The van der Waals surface area contributed by atoms with E-state index in [-0.39, 0.29) is 17.2 Å². The highest BCUT2D eigenvalue weighted by Crippen LogP contribution is 2.42. The molecule has 1 aliphatic rings. The molecule has 1 heterocycles. The van der Waals surface area contributed by atoms with E-state index in [0.29, 0.717) is 23.6 Å². The largest absolute Gasteiger partial charge is 0.494 e. The van der Waals surface area contributed by atoms with Crippen molar-refractivity contribution < 1.29 is 14.3 Å². The number of rotatable bonds is 8. The van der Waals surface area contributed by atoms with E-state index in [1.54, 1.807) is 23.9 Å². The van der Waals surface area contributed by atoms with Crippen molar-refractivity contribution >= 4 is 35.0 Å². The van der Waals surface area contributed by atoms with E-state index >= 15 is 0 Å². The monoisotopic (exact) mass is 474 g/mol. The number of carbonyl (C=O) groups is 2. The van der Waals surface area contributed by atoms with Crippen LogP contribution < -0.4 is 15.0 Å². The van der Waals surface area contributed by atoms with Crippen LogP contribution in [-0.4, -0.2) is 24.2 Å². The minimum absolute atomic E-state index is 0.0916. The number of carbonyl (C=O) groups excluding carboxylic acids is 2. The minimum atomic E-state index is -0.182. The van der Waals surface area contributed by atoms with Crippen LogP contribution in [0.1, 0.15) is 52.2 Å². The summed E-state index contributed by atoms with van der Waals surface area (Å²) >= 11 is 1.60. The molecular weight excluding hydrogens is 444 g/mol. The molecule has 1 atom stereocenters. The van der Waals surface area contributed by atoms with Crippen molar-refractivity contribution in [1.29, 1.82) is 0 Å². The van der Waals surface area contributed by atoms with Gasteiger partial charge < -0.3 is 10.1 Å². The van der Waals surface area contributed by atoms with Gasteiger partial charge in [-0.2, -0.15) is 0 Å². The van der Waals surface area contributed by atoms with Crippen LogP contribution in [-0.2, 0) is 4.79 Å². The average Bonchev–Trinajstić information content (AvgIpc) is 3.23. The Bertz CT molecular complexity index is 1180. The van der Waals surface area contributed by atoms with E-state index in [1.165, 1.54) is 5.56 Å². The van der Waals surface area contributed by atoms with Crippen LogP contribution >= 0.6 is 11.8 Å². The number of unbranched alkanes of at least 4 members (excludes halogenated alkanes) is 1. The number of hydrogen-bond donors (Lipinski definition) is 1. The lowest BCUT2D eigenvalue weighted by molar-refractivity contribution is -0.115. The molecule has 2 amide bonds. The van der Waals surface area contributed by atoms with Crippen molar-refractivity contribution in [3.8, 4) is 5.75 Å². The van der Waals surface area contributed by atoms with Gasteiger partial charge in [-0.1, -0.05) is 31.5 Å². The topological polar surface area (TPSA) is 58.6 Å². The van der Waals surface area contributed by atoms with Gasteiger partial charge >= 0.3 is 0 Å². The molecule has 0 bridgehead atoms. The van der Waals surface area contributed by atoms with Gasteiger partial charge in [-0.15, -0.1) is 11.8 Å². The van der Waals surface area contributed by atoms with E-state index < -0.39 is 0 Å². The van der Waals surface area contributed by atoms with Gasteiger partial charge in [-0.25, -0.2) is 0 Å². The Morgan fingerprint density at radius 1 is 1.06 bits per heavy atom. The van der Waals surface area contributed by atoms with Crippen LogP contribution in [0.4, 0.5) is 11.4 Å². The second-order valence-corrected chi connectivity index (χ2v) is 9.57. The number of thioether (sulfide) groups is 1. The third kappa shape index (κ3) is 5.45. The highest BCUT2D eigenvalue weighted by Gasteiger charge is 2.34. The van der Waals surface area contributed by atoms with Crippen LogP contribution in [0.25, 0.3) is 0 Å². The molecule has 0 spiro atoms. The average molecular weight is 475 g/mol. The predicted molar refractivity (Wildman–Crippen MR) is 140 cm³/mol. The minimum Gasteiger partial charge on any atom is -0.494 e. The molecule has 0 radical (unpaired) electrons. The second kappa shape index (κ2) is 10.8. The Balaban J connectivity index is 1.48. The van der Waals surface area contributed by atoms with Gasteiger partial charge in [0.1, 0.15) is 11.1 Å². The quantitative estimate of drug-likeness (QED) is 0.378. The third-order valence-corrected chi connectivity index (χ3v) is 7.16. The molecule has 1 saturated heterocycles. The SMILES string of the molecule is CCCCOc1ccc(C(=O)Nc2cccc([C@@H]3SCC(=O)N3c3ccc(C)c(C)c3)c2)cc1. The van der Waals surface area contributed by atoms with Crippen molar-refractivity contribution in [2.45, 2.75) is 39.0 Å². The zero-order valence-electron chi connectivity index (χ0n) is 19.8. The van der Waals surface area contributed by atoms with E-state index in [1.807, 2.05) is 47.4 Å². The first-order valence-electron chi connectivity index (χ1n) is 11.6. The number of aryl methyl sites for hydroxylation is 2. The summed E-state index contributed by atoms with van der Waals surface area (Å²) < 4.78 is 5.67. The summed E-state index contributed by atoms with van der Waals surface area (Å²) in [7, 11) is 0. The highest BCUT2D eigenvalue weighted by molar-refractivity contribution is 8.00. The van der Waals surface area contributed by atoms with Gasteiger partial charge in [-0.3, -0.25) is 14.5 Å². The Hall–Kier alpha value is -3.25. The first-order chi connectivity index (χ1) is 16.5. The van der Waals surface area contributed by atoms with Crippen LogP contribution in [0.2, 0.25) is 0 Å². The molecule has 6 heteroatoms. The van der Waals surface area contributed by atoms with Crippen LogP contribution in [0.15, 0.2) is 66.7 Å². The molecule has 34 heavy (non-hydrogen) atoms. The van der Waals surface area contributed by atoms with Crippen LogP contribution in [0, 0.1) is 13.8 Å². The molecule has 5 nitrogen and oxygen atoms in total. The molecule has 0 unspecified atom stereocenters.